The lowest BCUT2D eigenvalue weighted by Crippen LogP contribution is -2.41. The molecule has 1 saturated carbocycles. The van der Waals surface area contributed by atoms with Gasteiger partial charge in [-0.25, -0.2) is 20.1 Å². The molecule has 1 saturated heterocycles. The summed E-state index contributed by atoms with van der Waals surface area (Å²) in [6, 6.07) is 1.36. The van der Waals surface area contributed by atoms with Gasteiger partial charge in [-0.2, -0.15) is 0 Å². The molecule has 1 aromatic rings. The van der Waals surface area contributed by atoms with Crippen molar-refractivity contribution in [2.45, 2.75) is 89.9 Å². The molecule has 3 N–H and O–H groups in total. The number of piperidine rings is 1. The maximum Gasteiger partial charge on any atom is 0.306 e. The third-order valence-electron chi connectivity index (χ3n) is 6.59. The summed E-state index contributed by atoms with van der Waals surface area (Å²) in [7, 11) is 0. The molecule has 7 heteroatoms. The summed E-state index contributed by atoms with van der Waals surface area (Å²) in [6.07, 6.45) is 12.9. The van der Waals surface area contributed by atoms with Crippen molar-refractivity contribution in [3.05, 3.63) is 17.7 Å². The van der Waals surface area contributed by atoms with Crippen molar-refractivity contribution < 1.29 is 4.74 Å². The number of nitrogens with zero attached hydrogens (tertiary/aromatic N) is 4. The molecule has 2 unspecified atom stereocenters. The van der Waals surface area contributed by atoms with E-state index in [4.69, 9.17) is 10.5 Å². The first-order chi connectivity index (χ1) is 13.6. The van der Waals surface area contributed by atoms with Crippen LogP contribution in [-0.4, -0.2) is 45.8 Å². The lowest BCUT2D eigenvalue weighted by atomic mass is 9.91. The van der Waals surface area contributed by atoms with Gasteiger partial charge in [0, 0.05) is 6.04 Å². The van der Waals surface area contributed by atoms with Gasteiger partial charge in [0.2, 0.25) is 0 Å². The Hall–Kier alpha value is -1.60. The quantitative estimate of drug-likeness (QED) is 0.782. The van der Waals surface area contributed by atoms with Crippen molar-refractivity contribution in [3.8, 4) is 0 Å². The van der Waals surface area contributed by atoms with Crippen LogP contribution in [0.15, 0.2) is 11.2 Å². The Bertz CT molecular complexity index is 672. The van der Waals surface area contributed by atoms with Gasteiger partial charge in [0.1, 0.15) is 0 Å². The summed E-state index contributed by atoms with van der Waals surface area (Å²) < 4.78 is 7.96. The minimum absolute atomic E-state index is 0.122. The summed E-state index contributed by atoms with van der Waals surface area (Å²) in [5.41, 5.74) is 10.7. The van der Waals surface area contributed by atoms with Gasteiger partial charge in [-0.1, -0.05) is 26.2 Å². The van der Waals surface area contributed by atoms with Gasteiger partial charge >= 0.3 is 6.02 Å². The molecule has 2 atom stereocenters. The average molecular weight is 389 g/mol. The first-order valence-corrected chi connectivity index (χ1v) is 11.2. The number of hydrogen-bond acceptors (Lipinski definition) is 6. The third kappa shape index (κ3) is 4.35. The van der Waals surface area contributed by atoms with Gasteiger partial charge in [0.15, 0.2) is 12.0 Å². The molecular weight excluding hydrogens is 352 g/mol. The fourth-order valence-corrected chi connectivity index (χ4v) is 4.99. The summed E-state index contributed by atoms with van der Waals surface area (Å²) >= 11 is 0. The molecule has 3 aliphatic rings. The van der Waals surface area contributed by atoms with Crippen LogP contribution >= 0.6 is 0 Å². The maximum atomic E-state index is 6.22. The second-order valence-corrected chi connectivity index (χ2v) is 8.77. The molecule has 0 spiro atoms. The topological polar surface area (TPSA) is 80.7 Å². The minimum Gasteiger partial charge on any atom is -0.461 e. The predicted molar refractivity (Wildman–Crippen MR) is 112 cm³/mol. The second-order valence-electron chi connectivity index (χ2n) is 8.77. The summed E-state index contributed by atoms with van der Waals surface area (Å²) in [5.74, 6) is 1.48. The molecule has 7 nitrogen and oxygen atoms in total. The smallest absolute Gasteiger partial charge is 0.306 e. The molecule has 0 radical (unpaired) electrons. The maximum absolute atomic E-state index is 6.22. The standard InChI is InChI=1S/C21H36N6O/c1-3-6-15(2)28-21-24-19(22)20-23-14-18(27(20)25-21)13-16-9-11-26(12-10-16)17-7-4-5-8-17/h14-17,19H,3-13,22H2,1-2H3,(H,24,25). The van der Waals surface area contributed by atoms with E-state index in [1.54, 1.807) is 0 Å². The lowest BCUT2D eigenvalue weighted by molar-refractivity contribution is 0.133. The zero-order valence-electron chi connectivity index (χ0n) is 17.4. The number of nitrogens with two attached hydrogens (primary N) is 1. The van der Waals surface area contributed by atoms with Crippen LogP contribution in [0.5, 0.6) is 0 Å². The monoisotopic (exact) mass is 388 g/mol. The number of fused-ring (bicyclic) bond motifs is 1. The highest BCUT2D eigenvalue weighted by Gasteiger charge is 2.29. The average Bonchev–Trinajstić information content (AvgIpc) is 3.34. The van der Waals surface area contributed by atoms with Crippen molar-refractivity contribution in [2.24, 2.45) is 16.6 Å². The normalized spacial score (nSPS) is 25.2. The van der Waals surface area contributed by atoms with Crippen LogP contribution in [0.4, 0.5) is 0 Å². The zero-order chi connectivity index (χ0) is 19.5. The molecule has 2 fully saturated rings. The molecule has 3 heterocycles. The summed E-state index contributed by atoms with van der Waals surface area (Å²) in [5, 5.41) is 0. The van der Waals surface area contributed by atoms with Crippen molar-refractivity contribution in [1.29, 1.82) is 0 Å². The fraction of sp³-hybridized carbons (Fsp3) is 0.810. The minimum atomic E-state index is -0.469. The van der Waals surface area contributed by atoms with Crippen molar-refractivity contribution >= 4 is 6.02 Å². The predicted octanol–water partition coefficient (Wildman–Crippen LogP) is 3.16. The number of imidazole rings is 1. The Morgan fingerprint density at radius 3 is 2.71 bits per heavy atom. The number of rotatable bonds is 6. The number of amidine groups is 1. The highest BCUT2D eigenvalue weighted by molar-refractivity contribution is 5.83. The summed E-state index contributed by atoms with van der Waals surface area (Å²) in [6.45, 7) is 6.72. The van der Waals surface area contributed by atoms with Gasteiger partial charge in [-0.05, 0) is 64.5 Å². The Labute approximate surface area is 168 Å². The third-order valence-corrected chi connectivity index (χ3v) is 6.59. The van der Waals surface area contributed by atoms with Gasteiger partial charge in [0.25, 0.3) is 0 Å². The van der Waals surface area contributed by atoms with E-state index in [-0.39, 0.29) is 6.10 Å². The SMILES string of the molecule is CCCC(C)OC1=NC(N)c2ncc(CC3CCN(C4CCCC4)CC3)n2N1. The number of aromatic nitrogens is 2. The molecule has 0 bridgehead atoms. The van der Waals surface area contributed by atoms with Gasteiger partial charge < -0.3 is 15.4 Å². The van der Waals surface area contributed by atoms with Gasteiger partial charge in [-0.15, -0.1) is 0 Å². The van der Waals surface area contributed by atoms with Crippen molar-refractivity contribution in [3.63, 3.8) is 0 Å². The van der Waals surface area contributed by atoms with E-state index < -0.39 is 6.17 Å². The van der Waals surface area contributed by atoms with Crippen molar-refractivity contribution in [1.82, 2.24) is 14.6 Å². The Kier molecular flexibility index (Phi) is 6.21. The molecule has 4 rings (SSSR count). The molecule has 28 heavy (non-hydrogen) atoms. The molecule has 0 aromatic carbocycles. The van der Waals surface area contributed by atoms with E-state index in [0.29, 0.717) is 11.9 Å². The van der Waals surface area contributed by atoms with Crippen LogP contribution in [0.2, 0.25) is 0 Å². The van der Waals surface area contributed by atoms with Crippen LogP contribution in [0.25, 0.3) is 0 Å². The van der Waals surface area contributed by atoms with E-state index in [2.05, 4.69) is 34.1 Å². The molecule has 2 aliphatic heterocycles. The van der Waals surface area contributed by atoms with E-state index in [0.717, 1.165) is 31.1 Å². The van der Waals surface area contributed by atoms with Crippen LogP contribution in [0.1, 0.15) is 82.9 Å². The van der Waals surface area contributed by atoms with E-state index in [9.17, 15) is 0 Å². The van der Waals surface area contributed by atoms with Crippen LogP contribution in [0, 0.1) is 5.92 Å². The van der Waals surface area contributed by atoms with E-state index in [1.807, 2.05) is 10.9 Å². The first kappa shape index (κ1) is 19.7. The number of likely N-dealkylation sites (tertiary alicyclic amines) is 1. The Morgan fingerprint density at radius 2 is 2.00 bits per heavy atom. The van der Waals surface area contributed by atoms with Crippen LogP contribution in [0.3, 0.4) is 0 Å². The van der Waals surface area contributed by atoms with E-state index >= 15 is 0 Å². The zero-order valence-corrected chi connectivity index (χ0v) is 17.4. The number of ether oxygens (including phenoxy) is 1. The van der Waals surface area contributed by atoms with E-state index in [1.165, 1.54) is 57.3 Å². The van der Waals surface area contributed by atoms with Gasteiger partial charge in [-0.3, -0.25) is 0 Å². The molecule has 156 valence electrons. The largest absolute Gasteiger partial charge is 0.461 e. The Morgan fingerprint density at radius 1 is 1.25 bits per heavy atom. The summed E-state index contributed by atoms with van der Waals surface area (Å²) in [4.78, 5) is 11.7. The fourth-order valence-electron chi connectivity index (χ4n) is 4.99. The highest BCUT2D eigenvalue weighted by Crippen LogP contribution is 2.29. The first-order valence-electron chi connectivity index (χ1n) is 11.2. The lowest BCUT2D eigenvalue weighted by Gasteiger charge is -2.36. The number of hydrogen-bond donors (Lipinski definition) is 2. The van der Waals surface area contributed by atoms with Gasteiger partial charge in [0.05, 0.1) is 18.0 Å². The van der Waals surface area contributed by atoms with Crippen molar-refractivity contribution in [2.75, 3.05) is 18.5 Å². The molecule has 0 amide bonds. The molecule has 1 aliphatic carbocycles. The number of aliphatic imine (C=N–C) groups is 1. The number of nitrogens with one attached hydrogen (secondary N) is 1. The second kappa shape index (κ2) is 8.82. The van der Waals surface area contributed by atoms with Crippen LogP contribution in [-0.2, 0) is 11.2 Å². The highest BCUT2D eigenvalue weighted by atomic mass is 16.5. The molecule has 1 aromatic heterocycles. The molecular formula is C21H36N6O. The Balaban J connectivity index is 1.35. The van der Waals surface area contributed by atoms with Crippen LogP contribution < -0.4 is 11.2 Å².